The first-order valence-corrected chi connectivity index (χ1v) is 7.23. The quantitative estimate of drug-likeness (QED) is 0.860. The molecular formula is C12H15N3O3S. The van der Waals surface area contributed by atoms with Crippen LogP contribution in [0.5, 0.6) is 0 Å². The molecule has 1 aromatic carbocycles. The number of benzene rings is 1. The minimum atomic E-state index is -3.67. The van der Waals surface area contributed by atoms with Crippen LogP contribution in [0.2, 0.25) is 0 Å². The van der Waals surface area contributed by atoms with Crippen molar-refractivity contribution in [2.45, 2.75) is 18.2 Å². The third-order valence-corrected chi connectivity index (χ3v) is 3.84. The third kappa shape index (κ3) is 3.33. The van der Waals surface area contributed by atoms with Crippen LogP contribution in [0.15, 0.2) is 39.8 Å². The second-order valence-corrected chi connectivity index (χ2v) is 5.76. The zero-order valence-electron chi connectivity index (χ0n) is 10.5. The van der Waals surface area contributed by atoms with Gasteiger partial charge in [-0.25, -0.2) is 13.1 Å². The molecule has 2 aromatic rings. The summed E-state index contributed by atoms with van der Waals surface area (Å²) in [5.74, 6) is 0. The molecule has 0 aliphatic rings. The van der Waals surface area contributed by atoms with E-state index >= 15 is 0 Å². The lowest BCUT2D eigenvalue weighted by atomic mass is 10.2. The number of sulfonamides is 1. The number of rotatable bonds is 5. The zero-order valence-corrected chi connectivity index (χ0v) is 11.3. The molecule has 19 heavy (non-hydrogen) atoms. The SMILES string of the molecule is Cc1coc(NS(=O)(=O)c2ccc(CCN)cc2)n1. The fourth-order valence-corrected chi connectivity index (χ4v) is 2.51. The Kier molecular flexibility index (Phi) is 3.87. The molecule has 0 bridgehead atoms. The molecule has 0 unspecified atom stereocenters. The molecular weight excluding hydrogens is 266 g/mol. The van der Waals surface area contributed by atoms with E-state index in [0.717, 1.165) is 5.56 Å². The van der Waals surface area contributed by atoms with Crippen LogP contribution in [-0.4, -0.2) is 19.9 Å². The molecule has 0 saturated carbocycles. The van der Waals surface area contributed by atoms with E-state index in [1.165, 1.54) is 18.4 Å². The molecule has 0 spiro atoms. The molecule has 0 aliphatic carbocycles. The highest BCUT2D eigenvalue weighted by molar-refractivity contribution is 7.92. The third-order valence-electron chi connectivity index (χ3n) is 2.51. The number of aryl methyl sites for hydroxylation is 1. The summed E-state index contributed by atoms with van der Waals surface area (Å²) in [6.07, 6.45) is 2.09. The molecule has 102 valence electrons. The van der Waals surface area contributed by atoms with Crippen LogP contribution >= 0.6 is 0 Å². The summed E-state index contributed by atoms with van der Waals surface area (Å²) in [7, 11) is -3.67. The van der Waals surface area contributed by atoms with Gasteiger partial charge in [-0.2, -0.15) is 4.98 Å². The maximum absolute atomic E-state index is 12.0. The fourth-order valence-electron chi connectivity index (χ4n) is 1.58. The van der Waals surface area contributed by atoms with E-state index in [-0.39, 0.29) is 10.9 Å². The Labute approximate surface area is 111 Å². The van der Waals surface area contributed by atoms with Crippen LogP contribution in [0, 0.1) is 6.92 Å². The van der Waals surface area contributed by atoms with Crippen molar-refractivity contribution in [1.82, 2.24) is 4.98 Å². The minimum Gasteiger partial charge on any atom is -0.431 e. The lowest BCUT2D eigenvalue weighted by Crippen LogP contribution is -2.13. The normalized spacial score (nSPS) is 11.5. The first-order chi connectivity index (χ1) is 9.01. The summed E-state index contributed by atoms with van der Waals surface area (Å²) in [6.45, 7) is 2.24. The predicted molar refractivity (Wildman–Crippen MR) is 71.2 cm³/mol. The molecule has 2 rings (SSSR count). The van der Waals surface area contributed by atoms with E-state index < -0.39 is 10.0 Å². The van der Waals surface area contributed by atoms with Gasteiger partial charge >= 0.3 is 6.01 Å². The van der Waals surface area contributed by atoms with Gasteiger partial charge in [0.05, 0.1) is 10.6 Å². The standard InChI is InChI=1S/C12H15N3O3S/c1-9-8-18-12(14-9)15-19(16,17)11-4-2-10(3-5-11)6-7-13/h2-5,8H,6-7,13H2,1H3,(H,14,15). The van der Waals surface area contributed by atoms with Crippen LogP contribution < -0.4 is 10.5 Å². The van der Waals surface area contributed by atoms with Crippen molar-refractivity contribution < 1.29 is 12.8 Å². The Bertz CT molecular complexity index is 647. The van der Waals surface area contributed by atoms with Crippen molar-refractivity contribution in [1.29, 1.82) is 0 Å². The van der Waals surface area contributed by atoms with E-state index in [1.54, 1.807) is 19.1 Å². The van der Waals surface area contributed by atoms with Crippen molar-refractivity contribution in [2.24, 2.45) is 5.73 Å². The number of hydrogen-bond donors (Lipinski definition) is 2. The Morgan fingerprint density at radius 2 is 2.00 bits per heavy atom. The van der Waals surface area contributed by atoms with Gasteiger partial charge in [0, 0.05) is 0 Å². The molecule has 0 radical (unpaired) electrons. The average molecular weight is 281 g/mol. The minimum absolute atomic E-state index is 0.0384. The van der Waals surface area contributed by atoms with Gasteiger partial charge in [0.2, 0.25) is 0 Å². The van der Waals surface area contributed by atoms with Gasteiger partial charge in [-0.1, -0.05) is 12.1 Å². The Morgan fingerprint density at radius 3 is 2.53 bits per heavy atom. The van der Waals surface area contributed by atoms with Crippen molar-refractivity contribution >= 4 is 16.0 Å². The van der Waals surface area contributed by atoms with E-state index in [4.69, 9.17) is 10.2 Å². The Morgan fingerprint density at radius 1 is 1.32 bits per heavy atom. The van der Waals surface area contributed by atoms with Crippen molar-refractivity contribution in [3.63, 3.8) is 0 Å². The number of nitrogens with one attached hydrogen (secondary N) is 1. The average Bonchev–Trinajstić information content (AvgIpc) is 2.75. The van der Waals surface area contributed by atoms with E-state index in [9.17, 15) is 8.42 Å². The molecule has 0 amide bonds. The Hall–Kier alpha value is -1.86. The zero-order chi connectivity index (χ0) is 13.9. The second-order valence-electron chi connectivity index (χ2n) is 4.08. The van der Waals surface area contributed by atoms with Crippen LogP contribution in [0.1, 0.15) is 11.3 Å². The highest BCUT2D eigenvalue weighted by atomic mass is 32.2. The fraction of sp³-hybridized carbons (Fsp3) is 0.250. The van der Waals surface area contributed by atoms with Gasteiger partial charge in [-0.05, 0) is 37.6 Å². The topological polar surface area (TPSA) is 98.2 Å². The molecule has 0 aliphatic heterocycles. The summed E-state index contributed by atoms with van der Waals surface area (Å²) < 4.78 is 31.3. The molecule has 0 fully saturated rings. The first-order valence-electron chi connectivity index (χ1n) is 5.75. The maximum Gasteiger partial charge on any atom is 0.309 e. The van der Waals surface area contributed by atoms with E-state index in [2.05, 4.69) is 9.71 Å². The summed E-state index contributed by atoms with van der Waals surface area (Å²) >= 11 is 0. The monoisotopic (exact) mass is 281 g/mol. The smallest absolute Gasteiger partial charge is 0.309 e. The molecule has 0 atom stereocenters. The highest BCUT2D eigenvalue weighted by Gasteiger charge is 2.16. The van der Waals surface area contributed by atoms with Gasteiger partial charge in [0.25, 0.3) is 10.0 Å². The molecule has 7 heteroatoms. The lowest BCUT2D eigenvalue weighted by Gasteiger charge is -2.05. The molecule has 1 aromatic heterocycles. The van der Waals surface area contributed by atoms with Crippen molar-refractivity contribution in [2.75, 3.05) is 11.3 Å². The summed E-state index contributed by atoms with van der Waals surface area (Å²) in [5.41, 5.74) is 7.04. The number of hydrogen-bond acceptors (Lipinski definition) is 5. The van der Waals surface area contributed by atoms with Gasteiger partial charge in [0.15, 0.2) is 0 Å². The van der Waals surface area contributed by atoms with Crippen molar-refractivity contribution in [3.05, 3.63) is 41.8 Å². The van der Waals surface area contributed by atoms with Gasteiger partial charge in [0.1, 0.15) is 6.26 Å². The van der Waals surface area contributed by atoms with Crippen LogP contribution in [0.25, 0.3) is 0 Å². The molecule has 3 N–H and O–H groups in total. The number of aromatic nitrogens is 1. The summed E-state index contributed by atoms with van der Waals surface area (Å²) in [4.78, 5) is 4.05. The highest BCUT2D eigenvalue weighted by Crippen LogP contribution is 2.16. The number of nitrogens with two attached hydrogens (primary N) is 1. The molecule has 6 nitrogen and oxygen atoms in total. The van der Waals surface area contributed by atoms with Crippen LogP contribution in [0.4, 0.5) is 6.01 Å². The first kappa shape index (κ1) is 13.6. The van der Waals surface area contributed by atoms with E-state index in [0.29, 0.717) is 18.7 Å². The lowest BCUT2D eigenvalue weighted by molar-refractivity contribution is 0.569. The van der Waals surface area contributed by atoms with Gasteiger partial charge < -0.3 is 10.2 Å². The maximum atomic E-state index is 12.0. The number of nitrogens with zero attached hydrogens (tertiary/aromatic N) is 1. The summed E-state index contributed by atoms with van der Waals surface area (Å²) in [6, 6.07) is 6.50. The molecule has 0 saturated heterocycles. The van der Waals surface area contributed by atoms with Crippen LogP contribution in [-0.2, 0) is 16.4 Å². The van der Waals surface area contributed by atoms with E-state index in [1.807, 2.05) is 0 Å². The Balaban J connectivity index is 2.19. The van der Waals surface area contributed by atoms with Gasteiger partial charge in [-0.15, -0.1) is 0 Å². The second kappa shape index (κ2) is 5.41. The number of oxazole rings is 1. The summed E-state index contributed by atoms with van der Waals surface area (Å²) in [5, 5.41) is 0. The van der Waals surface area contributed by atoms with Crippen LogP contribution in [0.3, 0.4) is 0 Å². The number of anilines is 1. The van der Waals surface area contributed by atoms with Gasteiger partial charge in [-0.3, -0.25) is 0 Å². The largest absolute Gasteiger partial charge is 0.431 e. The molecule has 1 heterocycles. The predicted octanol–water partition coefficient (Wildman–Crippen LogP) is 1.29. The van der Waals surface area contributed by atoms with Crippen molar-refractivity contribution in [3.8, 4) is 0 Å².